The minimum atomic E-state index is -1.14. The molecular weight excluding hydrogens is 278 g/mol. The van der Waals surface area contributed by atoms with Crippen molar-refractivity contribution in [3.05, 3.63) is 46.1 Å². The Morgan fingerprint density at radius 2 is 2.10 bits per heavy atom. The first-order chi connectivity index (χ1) is 10.0. The van der Waals surface area contributed by atoms with Crippen LogP contribution in [0.15, 0.2) is 29.3 Å². The summed E-state index contributed by atoms with van der Waals surface area (Å²) in [5.41, 5.74) is 0.00938. The van der Waals surface area contributed by atoms with Gasteiger partial charge in [-0.15, -0.1) is 5.10 Å². The van der Waals surface area contributed by atoms with Gasteiger partial charge < -0.3 is 15.0 Å². The number of carbonyl (C=O) groups excluding carboxylic acids is 1. The first kappa shape index (κ1) is 13.0. The highest BCUT2D eigenvalue weighted by Gasteiger charge is 2.33. The van der Waals surface area contributed by atoms with Crippen molar-refractivity contribution in [2.75, 3.05) is 13.1 Å². The summed E-state index contributed by atoms with van der Waals surface area (Å²) in [6.07, 6.45) is 2.71. The zero-order valence-corrected chi connectivity index (χ0v) is 10.8. The summed E-state index contributed by atoms with van der Waals surface area (Å²) in [4.78, 5) is 37.8. The van der Waals surface area contributed by atoms with Gasteiger partial charge in [0.05, 0.1) is 17.8 Å². The van der Waals surface area contributed by atoms with Gasteiger partial charge in [0, 0.05) is 25.4 Å². The molecule has 1 amide bonds. The van der Waals surface area contributed by atoms with E-state index in [0.29, 0.717) is 18.7 Å². The zero-order valence-electron chi connectivity index (χ0n) is 10.8. The molecule has 1 aliphatic rings. The molecule has 0 bridgehead atoms. The average Bonchev–Trinajstić information content (AvgIpc) is 2.87. The number of aromatic amines is 1. The normalized spacial score (nSPS) is 14.8. The van der Waals surface area contributed by atoms with Crippen LogP contribution in [0.2, 0.25) is 0 Å². The summed E-state index contributed by atoms with van der Waals surface area (Å²) in [7, 11) is 0. The van der Waals surface area contributed by atoms with Crippen LogP contribution in [0.3, 0.4) is 0 Å². The van der Waals surface area contributed by atoms with Gasteiger partial charge in [-0.3, -0.25) is 9.59 Å². The fraction of sp³-hybridized carbons (Fsp3) is 0.250. The van der Waals surface area contributed by atoms with Crippen molar-refractivity contribution in [2.24, 2.45) is 0 Å². The van der Waals surface area contributed by atoms with Crippen molar-refractivity contribution in [1.29, 1.82) is 0 Å². The van der Waals surface area contributed by atoms with Crippen LogP contribution >= 0.6 is 0 Å². The van der Waals surface area contributed by atoms with Gasteiger partial charge >= 0.3 is 5.97 Å². The Morgan fingerprint density at radius 3 is 2.67 bits per heavy atom. The number of pyridine rings is 1. The molecule has 0 radical (unpaired) electrons. The van der Waals surface area contributed by atoms with Gasteiger partial charge in [0.15, 0.2) is 5.69 Å². The highest BCUT2D eigenvalue weighted by Crippen LogP contribution is 2.22. The van der Waals surface area contributed by atoms with E-state index in [1.54, 1.807) is 4.90 Å². The molecule has 0 aliphatic carbocycles. The van der Waals surface area contributed by atoms with E-state index in [1.807, 2.05) is 0 Å². The largest absolute Gasteiger partial charge is 0.476 e. The third-order valence-electron chi connectivity index (χ3n) is 3.28. The van der Waals surface area contributed by atoms with Gasteiger partial charge in [0.2, 0.25) is 5.56 Å². The van der Waals surface area contributed by atoms with E-state index in [0.717, 1.165) is 0 Å². The fourth-order valence-corrected chi connectivity index (χ4v) is 2.07. The van der Waals surface area contributed by atoms with Gasteiger partial charge in [-0.2, -0.15) is 0 Å². The molecule has 108 valence electrons. The molecule has 3 heterocycles. The Bertz CT molecular complexity index is 739. The van der Waals surface area contributed by atoms with Crippen LogP contribution in [-0.2, 0) is 0 Å². The highest BCUT2D eigenvalue weighted by molar-refractivity contribution is 5.94. The van der Waals surface area contributed by atoms with Crippen molar-refractivity contribution >= 4 is 11.9 Å². The lowest BCUT2D eigenvalue weighted by molar-refractivity contribution is 0.0497. The minimum absolute atomic E-state index is 0.0858. The number of nitrogens with zero attached hydrogens (tertiary/aromatic N) is 4. The van der Waals surface area contributed by atoms with Crippen LogP contribution in [-0.4, -0.2) is 55.0 Å². The first-order valence-corrected chi connectivity index (χ1v) is 6.18. The number of amides is 1. The molecule has 21 heavy (non-hydrogen) atoms. The van der Waals surface area contributed by atoms with E-state index >= 15 is 0 Å². The van der Waals surface area contributed by atoms with Crippen molar-refractivity contribution in [1.82, 2.24) is 24.9 Å². The number of rotatable bonds is 3. The molecular formula is C12H11N5O4. The predicted octanol–water partition coefficient (Wildman–Crippen LogP) is -0.638. The van der Waals surface area contributed by atoms with Crippen molar-refractivity contribution < 1.29 is 14.7 Å². The van der Waals surface area contributed by atoms with E-state index in [9.17, 15) is 14.4 Å². The molecule has 2 aromatic heterocycles. The van der Waals surface area contributed by atoms with Crippen LogP contribution in [0.4, 0.5) is 0 Å². The summed E-state index contributed by atoms with van der Waals surface area (Å²) in [5, 5.41) is 16.0. The lowest BCUT2D eigenvalue weighted by atomic mass is 10.1. The summed E-state index contributed by atoms with van der Waals surface area (Å²) < 4.78 is 1.44. The van der Waals surface area contributed by atoms with E-state index in [2.05, 4.69) is 15.3 Å². The zero-order chi connectivity index (χ0) is 15.0. The van der Waals surface area contributed by atoms with Crippen LogP contribution in [0.1, 0.15) is 26.9 Å². The second-order valence-electron chi connectivity index (χ2n) is 4.69. The minimum Gasteiger partial charge on any atom is -0.476 e. The second kappa shape index (κ2) is 4.85. The molecule has 9 heteroatoms. The SMILES string of the molecule is O=C(O)c1cn(C2CN(C(=O)c3ccc(=O)[nH]c3)C2)nn1. The van der Waals surface area contributed by atoms with Crippen LogP contribution < -0.4 is 5.56 Å². The highest BCUT2D eigenvalue weighted by atomic mass is 16.4. The summed E-state index contributed by atoms with van der Waals surface area (Å²) in [6, 6.07) is 2.67. The maximum absolute atomic E-state index is 12.1. The Labute approximate surface area is 117 Å². The standard InChI is InChI=1S/C12H11N5O4/c18-10-2-1-7(3-13-10)11(19)16-4-8(5-16)17-6-9(12(20)21)14-15-17/h1-3,6,8H,4-5H2,(H,13,18)(H,20,21). The number of nitrogens with one attached hydrogen (secondary N) is 1. The summed E-state index contributed by atoms with van der Waals surface area (Å²) >= 11 is 0. The van der Waals surface area contributed by atoms with Gasteiger partial charge in [-0.25, -0.2) is 9.48 Å². The molecule has 0 unspecified atom stereocenters. The molecule has 1 aliphatic heterocycles. The van der Waals surface area contributed by atoms with E-state index in [1.165, 1.54) is 29.2 Å². The lowest BCUT2D eigenvalue weighted by Crippen LogP contribution is -2.51. The Morgan fingerprint density at radius 1 is 1.33 bits per heavy atom. The quantitative estimate of drug-likeness (QED) is 0.775. The van der Waals surface area contributed by atoms with Crippen LogP contribution in [0.25, 0.3) is 0 Å². The number of carbonyl (C=O) groups is 2. The van der Waals surface area contributed by atoms with Crippen molar-refractivity contribution in [2.45, 2.75) is 6.04 Å². The first-order valence-electron chi connectivity index (χ1n) is 6.18. The summed E-state index contributed by atoms with van der Waals surface area (Å²) in [5.74, 6) is -1.33. The smallest absolute Gasteiger partial charge is 0.358 e. The number of hydrogen-bond donors (Lipinski definition) is 2. The van der Waals surface area contributed by atoms with Gasteiger partial charge in [0.25, 0.3) is 5.91 Å². The molecule has 0 aromatic carbocycles. The van der Waals surface area contributed by atoms with E-state index in [-0.39, 0.29) is 23.2 Å². The average molecular weight is 289 g/mol. The van der Waals surface area contributed by atoms with Crippen molar-refractivity contribution in [3.8, 4) is 0 Å². The second-order valence-corrected chi connectivity index (χ2v) is 4.69. The Kier molecular flexibility index (Phi) is 3.01. The third-order valence-corrected chi connectivity index (χ3v) is 3.28. The molecule has 1 fully saturated rings. The van der Waals surface area contributed by atoms with Crippen LogP contribution in [0, 0.1) is 0 Å². The van der Waals surface area contributed by atoms with Gasteiger partial charge in [0.1, 0.15) is 0 Å². The molecule has 2 N–H and O–H groups in total. The fourth-order valence-electron chi connectivity index (χ4n) is 2.07. The number of likely N-dealkylation sites (tertiary alicyclic amines) is 1. The van der Waals surface area contributed by atoms with Crippen molar-refractivity contribution in [3.63, 3.8) is 0 Å². The number of hydrogen-bond acceptors (Lipinski definition) is 5. The molecule has 1 saturated heterocycles. The van der Waals surface area contributed by atoms with E-state index in [4.69, 9.17) is 5.11 Å². The number of carboxylic acid groups (broad SMARTS) is 1. The van der Waals surface area contributed by atoms with Crippen LogP contribution in [0.5, 0.6) is 0 Å². The molecule has 0 saturated carbocycles. The Hall–Kier alpha value is -2.97. The monoisotopic (exact) mass is 289 g/mol. The maximum atomic E-state index is 12.1. The lowest BCUT2D eigenvalue weighted by Gasteiger charge is -2.38. The molecule has 0 atom stereocenters. The maximum Gasteiger partial charge on any atom is 0.358 e. The summed E-state index contributed by atoms with van der Waals surface area (Å²) in [6.45, 7) is 0.834. The van der Waals surface area contributed by atoms with Gasteiger partial charge in [-0.1, -0.05) is 5.21 Å². The van der Waals surface area contributed by atoms with E-state index < -0.39 is 5.97 Å². The third kappa shape index (κ3) is 2.40. The topological polar surface area (TPSA) is 121 Å². The predicted molar refractivity (Wildman–Crippen MR) is 69.0 cm³/mol. The number of carboxylic acids is 1. The number of aromatic nitrogens is 4. The number of H-pyrrole nitrogens is 1. The molecule has 9 nitrogen and oxygen atoms in total. The van der Waals surface area contributed by atoms with Gasteiger partial charge in [-0.05, 0) is 6.07 Å². The molecule has 2 aromatic rings. The molecule has 3 rings (SSSR count). The number of aromatic carboxylic acids is 1. The molecule has 0 spiro atoms. The Balaban J connectivity index is 1.64.